The highest BCUT2D eigenvalue weighted by molar-refractivity contribution is 7.14. The van der Waals surface area contributed by atoms with Crippen LogP contribution in [0.3, 0.4) is 0 Å². The van der Waals surface area contributed by atoms with E-state index in [4.69, 9.17) is 0 Å². The number of carbonyl (C=O) groups is 2. The number of amides is 2. The predicted octanol–water partition coefficient (Wildman–Crippen LogP) is 5.74. The van der Waals surface area contributed by atoms with Crippen LogP contribution in [0.5, 0.6) is 0 Å². The van der Waals surface area contributed by atoms with Gasteiger partial charge in [0, 0.05) is 41.2 Å². The largest absolute Gasteiger partial charge is 0.323 e. The van der Waals surface area contributed by atoms with Crippen LogP contribution >= 0.6 is 22.7 Å². The van der Waals surface area contributed by atoms with Gasteiger partial charge in [0.05, 0.1) is 11.4 Å². The fourth-order valence-electron chi connectivity index (χ4n) is 2.90. The molecule has 1 N–H and O–H groups in total. The number of anilines is 3. The second-order valence-electron chi connectivity index (χ2n) is 6.60. The van der Waals surface area contributed by atoms with Crippen molar-refractivity contribution in [2.75, 3.05) is 10.2 Å². The Kier molecular flexibility index (Phi) is 6.48. The van der Waals surface area contributed by atoms with E-state index in [1.165, 1.54) is 41.4 Å². The Bertz CT molecular complexity index is 1270. The summed E-state index contributed by atoms with van der Waals surface area (Å²) >= 11 is 2.73. The van der Waals surface area contributed by atoms with Crippen LogP contribution in [0.15, 0.2) is 71.6 Å². The van der Waals surface area contributed by atoms with E-state index in [0.29, 0.717) is 16.5 Å². The van der Waals surface area contributed by atoms with E-state index in [9.17, 15) is 14.0 Å². The third-order valence-corrected chi connectivity index (χ3v) is 6.01. The van der Waals surface area contributed by atoms with Crippen LogP contribution in [-0.4, -0.2) is 21.8 Å². The van der Waals surface area contributed by atoms with Crippen molar-refractivity contribution in [3.8, 4) is 10.6 Å². The zero-order valence-corrected chi connectivity index (χ0v) is 18.5. The Morgan fingerprint density at radius 3 is 2.56 bits per heavy atom. The SMILES string of the molecule is CC(=O)N(c1nc(/C=C/C(=O)Nc2ccc(-c3nccs3)cc2)cs1)c1ccccc1F. The molecule has 0 radical (unpaired) electrons. The smallest absolute Gasteiger partial charge is 0.248 e. The van der Waals surface area contributed by atoms with Gasteiger partial charge in [-0.1, -0.05) is 12.1 Å². The molecule has 0 aliphatic heterocycles. The van der Waals surface area contributed by atoms with Crippen molar-refractivity contribution in [2.45, 2.75) is 6.92 Å². The average molecular weight is 465 g/mol. The van der Waals surface area contributed by atoms with E-state index >= 15 is 0 Å². The first-order valence-electron chi connectivity index (χ1n) is 9.51. The number of thiazole rings is 2. The molecule has 4 aromatic rings. The standard InChI is InChI=1S/C23H17FN4O2S2/c1-15(29)28(20-5-3-2-4-19(20)24)23-27-18(14-32-23)10-11-21(30)26-17-8-6-16(7-9-17)22-25-12-13-31-22/h2-14H,1H3,(H,26,30)/b11-10+. The minimum Gasteiger partial charge on any atom is -0.323 e. The van der Waals surface area contributed by atoms with Crippen molar-refractivity contribution in [3.63, 3.8) is 0 Å². The maximum absolute atomic E-state index is 14.2. The number of hydrogen-bond acceptors (Lipinski definition) is 6. The van der Waals surface area contributed by atoms with Crippen molar-refractivity contribution in [2.24, 2.45) is 0 Å². The summed E-state index contributed by atoms with van der Waals surface area (Å²) in [5.41, 5.74) is 2.25. The van der Waals surface area contributed by atoms with E-state index in [-0.39, 0.29) is 17.5 Å². The van der Waals surface area contributed by atoms with Gasteiger partial charge < -0.3 is 5.32 Å². The van der Waals surface area contributed by atoms with Crippen LogP contribution in [0.1, 0.15) is 12.6 Å². The summed E-state index contributed by atoms with van der Waals surface area (Å²) < 4.78 is 14.2. The normalized spacial score (nSPS) is 10.9. The first kappa shape index (κ1) is 21.5. The molecule has 2 aromatic heterocycles. The van der Waals surface area contributed by atoms with Gasteiger partial charge in [-0.3, -0.25) is 14.5 Å². The van der Waals surface area contributed by atoms with Gasteiger partial charge in [-0.15, -0.1) is 22.7 Å². The van der Waals surface area contributed by atoms with Crippen molar-refractivity contribution in [3.05, 3.63) is 83.1 Å². The Morgan fingerprint density at radius 1 is 1.09 bits per heavy atom. The van der Waals surface area contributed by atoms with E-state index in [1.54, 1.807) is 41.1 Å². The van der Waals surface area contributed by atoms with E-state index < -0.39 is 5.82 Å². The first-order chi connectivity index (χ1) is 15.5. The zero-order valence-electron chi connectivity index (χ0n) is 16.9. The maximum Gasteiger partial charge on any atom is 0.248 e. The number of carbonyl (C=O) groups excluding carboxylic acids is 2. The van der Waals surface area contributed by atoms with Crippen LogP contribution < -0.4 is 10.2 Å². The van der Waals surface area contributed by atoms with Crippen molar-refractivity contribution >= 4 is 57.1 Å². The second-order valence-corrected chi connectivity index (χ2v) is 8.33. The highest BCUT2D eigenvalue weighted by Gasteiger charge is 2.20. The summed E-state index contributed by atoms with van der Waals surface area (Å²) in [5, 5.41) is 7.62. The molecular weight excluding hydrogens is 447 g/mol. The zero-order chi connectivity index (χ0) is 22.5. The minimum atomic E-state index is -0.518. The molecule has 0 saturated heterocycles. The minimum absolute atomic E-state index is 0.129. The summed E-state index contributed by atoms with van der Waals surface area (Å²) in [5.74, 6) is -1.20. The van der Waals surface area contributed by atoms with E-state index in [1.807, 2.05) is 29.6 Å². The van der Waals surface area contributed by atoms with Gasteiger partial charge in [0.25, 0.3) is 0 Å². The maximum atomic E-state index is 14.2. The fourth-order valence-corrected chi connectivity index (χ4v) is 4.40. The summed E-state index contributed by atoms with van der Waals surface area (Å²) in [4.78, 5) is 34.2. The third-order valence-electron chi connectivity index (χ3n) is 4.35. The molecule has 0 fully saturated rings. The molecule has 0 spiro atoms. The van der Waals surface area contributed by atoms with Crippen LogP contribution in [0.4, 0.5) is 20.9 Å². The Hall–Kier alpha value is -3.69. The van der Waals surface area contributed by atoms with Crippen molar-refractivity contribution in [1.29, 1.82) is 0 Å². The number of hydrogen-bond donors (Lipinski definition) is 1. The molecule has 160 valence electrons. The molecule has 6 nitrogen and oxygen atoms in total. The third kappa shape index (κ3) is 4.96. The van der Waals surface area contributed by atoms with Gasteiger partial charge in [0.1, 0.15) is 10.8 Å². The second kappa shape index (κ2) is 9.63. The molecule has 0 saturated carbocycles. The number of benzene rings is 2. The summed E-state index contributed by atoms with van der Waals surface area (Å²) in [6.07, 6.45) is 4.64. The number of halogens is 1. The van der Waals surface area contributed by atoms with Gasteiger partial charge in [-0.05, 0) is 42.5 Å². The lowest BCUT2D eigenvalue weighted by Gasteiger charge is -2.18. The highest BCUT2D eigenvalue weighted by Crippen LogP contribution is 2.31. The number of para-hydroxylation sites is 1. The average Bonchev–Trinajstić information content (AvgIpc) is 3.47. The van der Waals surface area contributed by atoms with Crippen molar-refractivity contribution < 1.29 is 14.0 Å². The molecule has 4 rings (SSSR count). The monoisotopic (exact) mass is 464 g/mol. The topological polar surface area (TPSA) is 75.2 Å². The molecule has 0 bridgehead atoms. The van der Waals surface area contributed by atoms with Gasteiger partial charge >= 0.3 is 0 Å². The van der Waals surface area contributed by atoms with Crippen LogP contribution in [0.25, 0.3) is 16.6 Å². The van der Waals surface area contributed by atoms with Gasteiger partial charge in [-0.25, -0.2) is 14.4 Å². The van der Waals surface area contributed by atoms with Gasteiger partial charge in [-0.2, -0.15) is 0 Å². The molecular formula is C23H17FN4O2S2. The number of aromatic nitrogens is 2. The molecule has 2 aromatic carbocycles. The molecule has 0 atom stereocenters. The number of rotatable bonds is 6. The number of nitrogens with zero attached hydrogens (tertiary/aromatic N) is 3. The lowest BCUT2D eigenvalue weighted by Crippen LogP contribution is -2.23. The van der Waals surface area contributed by atoms with Crippen molar-refractivity contribution in [1.82, 2.24) is 9.97 Å². The van der Waals surface area contributed by atoms with E-state index in [0.717, 1.165) is 10.6 Å². The van der Waals surface area contributed by atoms with Crippen LogP contribution in [-0.2, 0) is 9.59 Å². The lowest BCUT2D eigenvalue weighted by molar-refractivity contribution is -0.116. The molecule has 32 heavy (non-hydrogen) atoms. The summed E-state index contributed by atoms with van der Waals surface area (Å²) in [7, 11) is 0. The van der Waals surface area contributed by atoms with Gasteiger partial charge in [0.2, 0.25) is 11.8 Å². The number of nitrogens with one attached hydrogen (secondary N) is 1. The predicted molar refractivity (Wildman–Crippen MR) is 127 cm³/mol. The van der Waals surface area contributed by atoms with Crippen LogP contribution in [0, 0.1) is 5.82 Å². The molecule has 0 aliphatic rings. The lowest BCUT2D eigenvalue weighted by atomic mass is 10.2. The Balaban J connectivity index is 1.43. The first-order valence-corrected chi connectivity index (χ1v) is 11.3. The Morgan fingerprint density at radius 2 is 1.88 bits per heavy atom. The molecule has 2 amide bonds. The van der Waals surface area contributed by atoms with Crippen LogP contribution in [0.2, 0.25) is 0 Å². The highest BCUT2D eigenvalue weighted by atomic mass is 32.1. The molecule has 0 unspecified atom stereocenters. The van der Waals surface area contributed by atoms with E-state index in [2.05, 4.69) is 15.3 Å². The molecule has 9 heteroatoms. The summed E-state index contributed by atoms with van der Waals surface area (Å²) in [6.45, 7) is 1.34. The Labute approximate surface area is 191 Å². The molecule has 2 heterocycles. The van der Waals surface area contributed by atoms with Gasteiger partial charge in [0.15, 0.2) is 5.13 Å². The molecule has 0 aliphatic carbocycles. The fraction of sp³-hybridized carbons (Fsp3) is 0.0435. The quantitative estimate of drug-likeness (QED) is 0.369. The summed E-state index contributed by atoms with van der Waals surface area (Å²) in [6, 6.07) is 13.4.